The predicted molar refractivity (Wildman–Crippen MR) is 150 cm³/mol. The van der Waals surface area contributed by atoms with Crippen LogP contribution in [0.4, 0.5) is 4.79 Å². The number of nitrogens with one attached hydrogen (secondary N) is 1. The lowest BCUT2D eigenvalue weighted by molar-refractivity contribution is -0.144. The Labute approximate surface area is 230 Å². The smallest absolute Gasteiger partial charge is 0.409 e. The lowest BCUT2D eigenvalue weighted by atomic mass is 10.1. The number of ether oxygens (including phenoxy) is 3. The van der Waals surface area contributed by atoms with Gasteiger partial charge >= 0.3 is 18.0 Å². The molecule has 0 saturated carbocycles. The summed E-state index contributed by atoms with van der Waals surface area (Å²) in [4.78, 5) is 37.6. The van der Waals surface area contributed by atoms with E-state index in [-0.39, 0.29) is 38.8 Å². The predicted octanol–water partition coefficient (Wildman–Crippen LogP) is 4.03. The van der Waals surface area contributed by atoms with Gasteiger partial charge in [0.1, 0.15) is 19.8 Å². The normalized spacial score (nSPS) is 10.5. The fourth-order valence-electron chi connectivity index (χ4n) is 3.10. The minimum atomic E-state index is -0.479. The van der Waals surface area contributed by atoms with Crippen LogP contribution >= 0.6 is 21.6 Å². The SMILES string of the molecule is C#CCCOC(=O)CCN(CCCNCCO)C(=O)OCCSSCCOC(=O)CCCCCCCC. The maximum absolute atomic E-state index is 12.5. The van der Waals surface area contributed by atoms with Gasteiger partial charge in [-0.3, -0.25) is 9.59 Å². The molecule has 0 spiro atoms. The lowest BCUT2D eigenvalue weighted by Gasteiger charge is -2.22. The zero-order valence-corrected chi connectivity index (χ0v) is 24.0. The van der Waals surface area contributed by atoms with Crippen molar-refractivity contribution >= 4 is 39.6 Å². The molecule has 0 aromatic rings. The third-order valence-electron chi connectivity index (χ3n) is 5.06. The Balaban J connectivity index is 4.00. The number of unbranched alkanes of at least 4 members (excludes halogenated alkanes) is 5. The number of aliphatic hydroxyl groups excluding tert-OH is 1. The Morgan fingerprint density at radius 3 is 2.19 bits per heavy atom. The van der Waals surface area contributed by atoms with Gasteiger partial charge in [0.2, 0.25) is 0 Å². The van der Waals surface area contributed by atoms with E-state index in [0.717, 1.165) is 12.8 Å². The van der Waals surface area contributed by atoms with Crippen molar-refractivity contribution in [2.75, 3.05) is 64.1 Å². The van der Waals surface area contributed by atoms with Gasteiger partial charge in [-0.2, -0.15) is 0 Å². The quantitative estimate of drug-likeness (QED) is 0.0556. The molecule has 11 heteroatoms. The van der Waals surface area contributed by atoms with Crippen LogP contribution in [-0.4, -0.2) is 92.2 Å². The molecule has 9 nitrogen and oxygen atoms in total. The Morgan fingerprint density at radius 2 is 1.49 bits per heavy atom. The zero-order valence-electron chi connectivity index (χ0n) is 22.4. The third kappa shape index (κ3) is 24.5. The fraction of sp³-hybridized carbons (Fsp3) is 0.808. The summed E-state index contributed by atoms with van der Waals surface area (Å²) in [7, 11) is 3.12. The van der Waals surface area contributed by atoms with Crippen LogP contribution in [0.25, 0.3) is 0 Å². The average molecular weight is 563 g/mol. The van der Waals surface area contributed by atoms with Crippen LogP contribution in [0, 0.1) is 12.3 Å². The van der Waals surface area contributed by atoms with Crippen LogP contribution in [0.5, 0.6) is 0 Å². The number of nitrogens with zero attached hydrogens (tertiary/aromatic N) is 1. The molecule has 0 aromatic heterocycles. The molecule has 0 aliphatic carbocycles. The molecule has 0 unspecified atom stereocenters. The summed E-state index contributed by atoms with van der Waals surface area (Å²) < 4.78 is 15.6. The summed E-state index contributed by atoms with van der Waals surface area (Å²) in [5.41, 5.74) is 0. The number of terminal acetylenes is 1. The molecule has 0 atom stereocenters. The highest BCUT2D eigenvalue weighted by Crippen LogP contribution is 2.20. The van der Waals surface area contributed by atoms with Crippen molar-refractivity contribution < 1.29 is 33.7 Å². The first-order valence-electron chi connectivity index (χ1n) is 13.3. The molecular formula is C26H46N2O7S2. The monoisotopic (exact) mass is 562 g/mol. The second-order valence-electron chi connectivity index (χ2n) is 8.24. The van der Waals surface area contributed by atoms with Crippen molar-refractivity contribution in [3.05, 3.63) is 0 Å². The van der Waals surface area contributed by atoms with E-state index in [0.29, 0.717) is 57.0 Å². The lowest BCUT2D eigenvalue weighted by Crippen LogP contribution is -2.36. The minimum Gasteiger partial charge on any atom is -0.465 e. The van der Waals surface area contributed by atoms with Crippen molar-refractivity contribution in [2.45, 2.75) is 71.1 Å². The van der Waals surface area contributed by atoms with E-state index in [9.17, 15) is 14.4 Å². The van der Waals surface area contributed by atoms with Gasteiger partial charge in [-0.25, -0.2) is 4.79 Å². The highest BCUT2D eigenvalue weighted by Gasteiger charge is 2.16. The molecule has 0 fully saturated rings. The molecule has 214 valence electrons. The molecule has 0 bridgehead atoms. The number of carbonyl (C=O) groups is 3. The van der Waals surface area contributed by atoms with E-state index >= 15 is 0 Å². The Hall–Kier alpha value is -1.61. The summed E-state index contributed by atoms with van der Waals surface area (Å²) >= 11 is 0. The highest BCUT2D eigenvalue weighted by molar-refractivity contribution is 8.76. The zero-order chi connectivity index (χ0) is 27.4. The molecule has 0 aromatic carbocycles. The highest BCUT2D eigenvalue weighted by atomic mass is 33.1. The Kier molecular flexibility index (Phi) is 26.2. The van der Waals surface area contributed by atoms with Crippen molar-refractivity contribution in [3.63, 3.8) is 0 Å². The van der Waals surface area contributed by atoms with E-state index in [1.54, 1.807) is 21.6 Å². The number of hydrogen-bond acceptors (Lipinski definition) is 10. The van der Waals surface area contributed by atoms with Crippen LogP contribution in [0.2, 0.25) is 0 Å². The number of esters is 2. The van der Waals surface area contributed by atoms with Gasteiger partial charge < -0.3 is 29.5 Å². The first-order valence-corrected chi connectivity index (χ1v) is 15.8. The van der Waals surface area contributed by atoms with Crippen molar-refractivity contribution in [2.24, 2.45) is 0 Å². The van der Waals surface area contributed by atoms with Crippen LogP contribution in [0.1, 0.15) is 71.1 Å². The van der Waals surface area contributed by atoms with E-state index in [1.807, 2.05) is 0 Å². The number of carbonyl (C=O) groups excluding carboxylic acids is 3. The van der Waals surface area contributed by atoms with Gasteiger partial charge in [-0.1, -0.05) is 60.6 Å². The Bertz CT molecular complexity index is 633. The minimum absolute atomic E-state index is 0.0482. The molecular weight excluding hydrogens is 516 g/mol. The number of rotatable bonds is 25. The van der Waals surface area contributed by atoms with Crippen molar-refractivity contribution in [3.8, 4) is 12.3 Å². The summed E-state index contributed by atoms with van der Waals surface area (Å²) in [6.45, 7) is 4.74. The molecule has 0 saturated heterocycles. The molecule has 0 rings (SSSR count). The second-order valence-corrected chi connectivity index (χ2v) is 10.9. The van der Waals surface area contributed by atoms with Gasteiger partial charge in [0.15, 0.2) is 0 Å². The maximum atomic E-state index is 12.5. The van der Waals surface area contributed by atoms with E-state index in [1.165, 1.54) is 30.6 Å². The van der Waals surface area contributed by atoms with Gasteiger partial charge in [0.05, 0.1) is 13.0 Å². The van der Waals surface area contributed by atoms with Crippen LogP contribution < -0.4 is 5.32 Å². The van der Waals surface area contributed by atoms with Gasteiger partial charge in [-0.05, 0) is 19.4 Å². The van der Waals surface area contributed by atoms with Gasteiger partial charge in [-0.15, -0.1) is 12.3 Å². The van der Waals surface area contributed by atoms with Gasteiger partial charge in [0, 0.05) is 44.0 Å². The summed E-state index contributed by atoms with van der Waals surface area (Å²) in [5, 5.41) is 11.9. The molecule has 2 N–H and O–H groups in total. The number of aliphatic hydroxyl groups is 1. The molecule has 0 aliphatic heterocycles. The van der Waals surface area contributed by atoms with Crippen LogP contribution in [0.3, 0.4) is 0 Å². The average Bonchev–Trinajstić information content (AvgIpc) is 2.89. The standard InChI is InChI=1S/C26H46N2O7S2/c1-3-5-7-8-9-10-12-24(30)34-20-22-36-37-23-21-35-26(32)28(16-11-14-27-15-18-29)17-13-25(31)33-19-6-4-2/h2,27,29H,3,5-23H2,1H3. The first-order chi connectivity index (χ1) is 18.0. The van der Waals surface area contributed by atoms with E-state index < -0.39 is 12.1 Å². The molecule has 0 radical (unpaired) electrons. The molecule has 0 heterocycles. The van der Waals surface area contributed by atoms with Crippen molar-refractivity contribution in [1.29, 1.82) is 0 Å². The van der Waals surface area contributed by atoms with Gasteiger partial charge in [0.25, 0.3) is 0 Å². The summed E-state index contributed by atoms with van der Waals surface area (Å²) in [6.07, 6.45) is 13.1. The number of hydrogen-bond donors (Lipinski definition) is 2. The Morgan fingerprint density at radius 1 is 0.838 bits per heavy atom. The summed E-state index contributed by atoms with van der Waals surface area (Å²) in [6, 6.07) is 0. The first kappa shape index (κ1) is 35.4. The van der Waals surface area contributed by atoms with E-state index in [2.05, 4.69) is 18.2 Å². The molecule has 37 heavy (non-hydrogen) atoms. The second kappa shape index (κ2) is 27.4. The van der Waals surface area contributed by atoms with Crippen LogP contribution in [-0.2, 0) is 23.8 Å². The maximum Gasteiger partial charge on any atom is 0.409 e. The molecule has 0 aliphatic rings. The summed E-state index contributed by atoms with van der Waals surface area (Å²) in [5.74, 6) is 3.13. The largest absolute Gasteiger partial charge is 0.465 e. The van der Waals surface area contributed by atoms with Crippen LogP contribution in [0.15, 0.2) is 0 Å². The van der Waals surface area contributed by atoms with E-state index in [4.69, 9.17) is 25.7 Å². The van der Waals surface area contributed by atoms with Crippen molar-refractivity contribution in [1.82, 2.24) is 10.2 Å². The third-order valence-corrected chi connectivity index (χ3v) is 7.40. The fourth-order valence-corrected chi connectivity index (χ4v) is 4.75. The molecule has 1 amide bonds. The number of amides is 1. The topological polar surface area (TPSA) is 114 Å².